The van der Waals surface area contributed by atoms with Gasteiger partial charge in [0.2, 0.25) is 0 Å². The van der Waals surface area contributed by atoms with Crippen LogP contribution in [0, 0.1) is 0 Å². The van der Waals surface area contributed by atoms with Crippen LogP contribution in [-0.2, 0) is 13.6 Å². The van der Waals surface area contributed by atoms with Gasteiger partial charge in [-0.2, -0.15) is 0 Å². The lowest BCUT2D eigenvalue weighted by atomic mass is 10.1. The number of aryl methyl sites for hydroxylation is 1. The molecule has 0 aliphatic carbocycles. The van der Waals surface area contributed by atoms with Crippen molar-refractivity contribution < 1.29 is 0 Å². The molecule has 0 aliphatic rings. The summed E-state index contributed by atoms with van der Waals surface area (Å²) in [5.41, 5.74) is 9.05. The van der Waals surface area contributed by atoms with Gasteiger partial charge >= 0.3 is 0 Å². The summed E-state index contributed by atoms with van der Waals surface area (Å²) < 4.78 is 3.34. The van der Waals surface area contributed by atoms with E-state index in [1.54, 1.807) is 11.3 Å². The van der Waals surface area contributed by atoms with Crippen molar-refractivity contribution in [2.45, 2.75) is 6.54 Å². The van der Waals surface area contributed by atoms with Crippen molar-refractivity contribution in [1.29, 1.82) is 0 Å². The van der Waals surface area contributed by atoms with E-state index in [-0.39, 0.29) is 0 Å². The molecule has 2 aromatic heterocycles. The van der Waals surface area contributed by atoms with Crippen LogP contribution in [0.25, 0.3) is 21.3 Å². The van der Waals surface area contributed by atoms with Crippen molar-refractivity contribution in [3.05, 3.63) is 41.7 Å². The second kappa shape index (κ2) is 3.98. The standard InChI is InChI=1S/C13H13N3S/c1-16-8-15-11(6-14)13(16)10-7-17-12-5-3-2-4-9(10)12/h2-5,7-8H,6,14H2,1H3. The van der Waals surface area contributed by atoms with Crippen LogP contribution in [0.15, 0.2) is 36.0 Å². The predicted octanol–water partition coefficient (Wildman–Crippen LogP) is 2.76. The Morgan fingerprint density at radius 3 is 3.00 bits per heavy atom. The fourth-order valence-electron chi connectivity index (χ4n) is 2.13. The smallest absolute Gasteiger partial charge is 0.0952 e. The summed E-state index contributed by atoms with van der Waals surface area (Å²) in [6.07, 6.45) is 1.82. The lowest BCUT2D eigenvalue weighted by Crippen LogP contribution is -2.00. The number of fused-ring (bicyclic) bond motifs is 1. The molecule has 3 rings (SSSR count). The van der Waals surface area contributed by atoms with Crippen molar-refractivity contribution in [2.24, 2.45) is 12.8 Å². The second-order valence-electron chi connectivity index (χ2n) is 4.00. The normalized spacial score (nSPS) is 11.2. The maximum absolute atomic E-state index is 5.74. The van der Waals surface area contributed by atoms with E-state index in [0.29, 0.717) is 6.54 Å². The van der Waals surface area contributed by atoms with E-state index >= 15 is 0 Å². The molecule has 0 amide bonds. The number of hydrogen-bond acceptors (Lipinski definition) is 3. The monoisotopic (exact) mass is 243 g/mol. The van der Waals surface area contributed by atoms with Crippen LogP contribution in [0.3, 0.4) is 0 Å². The summed E-state index contributed by atoms with van der Waals surface area (Å²) in [5, 5.41) is 3.46. The van der Waals surface area contributed by atoms with Gasteiger partial charge in [-0.15, -0.1) is 11.3 Å². The highest BCUT2D eigenvalue weighted by molar-refractivity contribution is 7.17. The first-order valence-corrected chi connectivity index (χ1v) is 6.36. The zero-order chi connectivity index (χ0) is 11.8. The molecule has 4 heteroatoms. The minimum Gasteiger partial charge on any atom is -0.333 e. The highest BCUT2D eigenvalue weighted by Gasteiger charge is 2.13. The maximum Gasteiger partial charge on any atom is 0.0952 e. The summed E-state index contributed by atoms with van der Waals surface area (Å²) >= 11 is 1.76. The Labute approximate surface area is 104 Å². The molecular weight excluding hydrogens is 230 g/mol. The Kier molecular flexibility index (Phi) is 2.46. The van der Waals surface area contributed by atoms with E-state index in [4.69, 9.17) is 5.73 Å². The van der Waals surface area contributed by atoms with Gasteiger partial charge in [-0.1, -0.05) is 18.2 Å². The summed E-state index contributed by atoms with van der Waals surface area (Å²) in [6, 6.07) is 8.42. The van der Waals surface area contributed by atoms with Gasteiger partial charge in [-0.05, 0) is 6.07 Å². The molecule has 17 heavy (non-hydrogen) atoms. The summed E-state index contributed by atoms with van der Waals surface area (Å²) in [7, 11) is 2.01. The molecule has 2 N–H and O–H groups in total. The number of nitrogens with zero attached hydrogens (tertiary/aromatic N) is 2. The average Bonchev–Trinajstić information content (AvgIpc) is 2.92. The van der Waals surface area contributed by atoms with Crippen LogP contribution in [0.2, 0.25) is 0 Å². The zero-order valence-corrected chi connectivity index (χ0v) is 10.4. The van der Waals surface area contributed by atoms with E-state index in [0.717, 1.165) is 11.4 Å². The number of nitrogens with two attached hydrogens (primary N) is 1. The highest BCUT2D eigenvalue weighted by atomic mass is 32.1. The molecule has 86 valence electrons. The maximum atomic E-state index is 5.74. The number of aromatic nitrogens is 2. The summed E-state index contributed by atoms with van der Waals surface area (Å²) in [6.45, 7) is 0.473. The molecule has 2 heterocycles. The van der Waals surface area contributed by atoms with E-state index in [1.165, 1.54) is 15.6 Å². The molecule has 0 radical (unpaired) electrons. The fourth-order valence-corrected chi connectivity index (χ4v) is 3.08. The van der Waals surface area contributed by atoms with Crippen molar-refractivity contribution in [2.75, 3.05) is 0 Å². The van der Waals surface area contributed by atoms with Gasteiger partial charge in [0.25, 0.3) is 0 Å². The second-order valence-corrected chi connectivity index (χ2v) is 4.91. The van der Waals surface area contributed by atoms with Crippen molar-refractivity contribution >= 4 is 21.4 Å². The Morgan fingerprint density at radius 2 is 2.18 bits per heavy atom. The van der Waals surface area contributed by atoms with Gasteiger partial charge in [0.1, 0.15) is 0 Å². The molecular formula is C13H13N3S. The Bertz CT molecular complexity index is 666. The first-order chi connectivity index (χ1) is 8.31. The van der Waals surface area contributed by atoms with E-state index in [9.17, 15) is 0 Å². The zero-order valence-electron chi connectivity index (χ0n) is 9.55. The van der Waals surface area contributed by atoms with Gasteiger partial charge in [-0.25, -0.2) is 4.98 Å². The molecule has 0 aliphatic heterocycles. The van der Waals surface area contributed by atoms with E-state index in [2.05, 4.69) is 34.6 Å². The predicted molar refractivity (Wildman–Crippen MR) is 71.9 cm³/mol. The lowest BCUT2D eigenvalue weighted by Gasteiger charge is -2.03. The summed E-state index contributed by atoms with van der Waals surface area (Å²) in [5.74, 6) is 0. The number of hydrogen-bond donors (Lipinski definition) is 1. The fraction of sp³-hybridized carbons (Fsp3) is 0.154. The minimum absolute atomic E-state index is 0.473. The molecule has 0 unspecified atom stereocenters. The molecule has 0 atom stereocenters. The molecule has 1 aromatic carbocycles. The third-order valence-electron chi connectivity index (χ3n) is 2.94. The first kappa shape index (κ1) is 10.5. The highest BCUT2D eigenvalue weighted by Crippen LogP contribution is 2.34. The number of benzene rings is 1. The SMILES string of the molecule is Cn1cnc(CN)c1-c1csc2ccccc12. The van der Waals surface area contributed by atoms with Crippen molar-refractivity contribution in [1.82, 2.24) is 9.55 Å². The van der Waals surface area contributed by atoms with Crippen molar-refractivity contribution in [3.8, 4) is 11.3 Å². The van der Waals surface area contributed by atoms with Gasteiger partial charge in [0.05, 0.1) is 17.7 Å². The average molecular weight is 243 g/mol. The van der Waals surface area contributed by atoms with Gasteiger partial charge in [0, 0.05) is 34.6 Å². The molecule has 0 bridgehead atoms. The molecule has 0 saturated carbocycles. The first-order valence-electron chi connectivity index (χ1n) is 5.48. The Hall–Kier alpha value is -1.65. The van der Waals surface area contributed by atoms with Gasteiger partial charge < -0.3 is 10.3 Å². The van der Waals surface area contributed by atoms with E-state index in [1.807, 2.05) is 17.9 Å². The van der Waals surface area contributed by atoms with Crippen LogP contribution in [-0.4, -0.2) is 9.55 Å². The van der Waals surface area contributed by atoms with Crippen LogP contribution >= 0.6 is 11.3 Å². The molecule has 0 saturated heterocycles. The Morgan fingerprint density at radius 1 is 1.35 bits per heavy atom. The van der Waals surface area contributed by atoms with Crippen LogP contribution in [0.4, 0.5) is 0 Å². The van der Waals surface area contributed by atoms with E-state index < -0.39 is 0 Å². The molecule has 0 fully saturated rings. The van der Waals surface area contributed by atoms with Crippen molar-refractivity contribution in [3.63, 3.8) is 0 Å². The lowest BCUT2D eigenvalue weighted by molar-refractivity contribution is 0.921. The minimum atomic E-state index is 0.473. The van der Waals surface area contributed by atoms with Crippen LogP contribution < -0.4 is 5.73 Å². The quantitative estimate of drug-likeness (QED) is 0.752. The molecule has 3 nitrogen and oxygen atoms in total. The summed E-state index contributed by atoms with van der Waals surface area (Å²) in [4.78, 5) is 4.34. The van der Waals surface area contributed by atoms with Gasteiger partial charge in [-0.3, -0.25) is 0 Å². The van der Waals surface area contributed by atoms with Gasteiger partial charge in [0.15, 0.2) is 0 Å². The number of imidazole rings is 1. The Balaban J connectivity index is 2.30. The third-order valence-corrected chi connectivity index (χ3v) is 3.91. The third kappa shape index (κ3) is 1.57. The molecule has 0 spiro atoms. The topological polar surface area (TPSA) is 43.8 Å². The van der Waals surface area contributed by atoms with Crippen LogP contribution in [0.1, 0.15) is 5.69 Å². The number of rotatable bonds is 2. The largest absolute Gasteiger partial charge is 0.333 e. The van der Waals surface area contributed by atoms with Crippen LogP contribution in [0.5, 0.6) is 0 Å². The molecule has 3 aromatic rings. The number of thiophene rings is 1.